The van der Waals surface area contributed by atoms with E-state index in [4.69, 9.17) is 10.7 Å². The van der Waals surface area contributed by atoms with Crippen LogP contribution < -0.4 is 5.73 Å². The van der Waals surface area contributed by atoms with Crippen molar-refractivity contribution in [1.82, 2.24) is 4.57 Å². The van der Waals surface area contributed by atoms with Gasteiger partial charge in [-0.2, -0.15) is 0 Å². The number of ketones is 1. The lowest BCUT2D eigenvalue weighted by Gasteiger charge is -2.41. The van der Waals surface area contributed by atoms with Gasteiger partial charge in [0, 0.05) is 18.3 Å². The summed E-state index contributed by atoms with van der Waals surface area (Å²) in [4.78, 5) is 19.1. The van der Waals surface area contributed by atoms with Crippen LogP contribution in [0.4, 0.5) is 0 Å². The summed E-state index contributed by atoms with van der Waals surface area (Å²) in [7, 11) is 0. The van der Waals surface area contributed by atoms with E-state index in [-0.39, 0.29) is 17.6 Å². The zero-order valence-electron chi connectivity index (χ0n) is 20.3. The van der Waals surface area contributed by atoms with Gasteiger partial charge in [-0.1, -0.05) is 49.7 Å². The van der Waals surface area contributed by atoms with E-state index < -0.39 is 5.54 Å². The van der Waals surface area contributed by atoms with Crippen LogP contribution in [0.25, 0.3) is 10.9 Å². The number of nitrogens with zero attached hydrogens (tertiary/aromatic N) is 2. The third-order valence-electron chi connectivity index (χ3n) is 8.31. The number of hydrogen-bond donors (Lipinski definition) is 1. The van der Waals surface area contributed by atoms with Gasteiger partial charge in [-0.15, -0.1) is 0 Å². The molecule has 0 bridgehead atoms. The molecule has 0 saturated heterocycles. The summed E-state index contributed by atoms with van der Waals surface area (Å²) in [5.41, 5.74) is 10.5. The smallest absolute Gasteiger partial charge is 0.153 e. The van der Waals surface area contributed by atoms with Crippen LogP contribution in [0.1, 0.15) is 80.9 Å². The number of carbonyl (C=O) groups excluding carboxylic acids is 1. The molecule has 0 spiro atoms. The van der Waals surface area contributed by atoms with Gasteiger partial charge in [0.05, 0.1) is 17.4 Å². The Balaban J connectivity index is 1.46. The van der Waals surface area contributed by atoms with Gasteiger partial charge < -0.3 is 10.3 Å². The van der Waals surface area contributed by atoms with Crippen molar-refractivity contribution in [1.29, 1.82) is 0 Å². The number of fused-ring (bicyclic) bond motifs is 1. The number of Topliss-reactive ketones (excluding diaryl/α,β-unsaturated/α-hetero) is 1. The number of nitrogens with two attached hydrogens (primary N) is 1. The van der Waals surface area contributed by atoms with Gasteiger partial charge in [-0.25, -0.2) is 0 Å². The lowest BCUT2D eigenvalue weighted by Crippen LogP contribution is -2.47. The van der Waals surface area contributed by atoms with Crippen molar-refractivity contribution in [2.24, 2.45) is 22.6 Å². The van der Waals surface area contributed by atoms with E-state index in [2.05, 4.69) is 73.1 Å². The second kappa shape index (κ2) is 8.11. The zero-order valence-corrected chi connectivity index (χ0v) is 20.3. The predicted molar refractivity (Wildman–Crippen MR) is 138 cm³/mol. The molecule has 34 heavy (non-hydrogen) atoms. The molecular formula is C30H35N3O. The van der Waals surface area contributed by atoms with Crippen LogP contribution >= 0.6 is 0 Å². The van der Waals surface area contributed by atoms with Gasteiger partial charge in [0.25, 0.3) is 0 Å². The molecular weight excluding hydrogens is 418 g/mol. The van der Waals surface area contributed by atoms with Crippen LogP contribution in [0.15, 0.2) is 59.7 Å². The SMILES string of the molecule is CCC[C@@H]1C(=O)[C@H](c2ccc(C3CC3)cc2)[C@@](C)(c2ccc3ccn(CC4CC4)c3c2)N=C1N. The van der Waals surface area contributed by atoms with Gasteiger partial charge in [-0.3, -0.25) is 9.79 Å². The molecule has 2 aliphatic carbocycles. The normalized spacial score (nSPS) is 27.2. The minimum atomic E-state index is -0.727. The van der Waals surface area contributed by atoms with Crippen molar-refractivity contribution in [2.75, 3.05) is 0 Å². The molecule has 0 amide bonds. The number of rotatable bonds is 7. The topological polar surface area (TPSA) is 60.4 Å². The summed E-state index contributed by atoms with van der Waals surface area (Å²) in [5, 5.41) is 1.24. The van der Waals surface area contributed by atoms with E-state index in [9.17, 15) is 4.79 Å². The summed E-state index contributed by atoms with van der Waals surface area (Å²) >= 11 is 0. The van der Waals surface area contributed by atoms with Gasteiger partial charge >= 0.3 is 0 Å². The van der Waals surface area contributed by atoms with Crippen molar-refractivity contribution in [3.8, 4) is 0 Å². The summed E-state index contributed by atoms with van der Waals surface area (Å²) in [5.74, 6) is 1.57. The first-order valence-corrected chi connectivity index (χ1v) is 13.1. The van der Waals surface area contributed by atoms with E-state index in [0.29, 0.717) is 11.8 Å². The molecule has 2 fully saturated rings. The minimum absolute atomic E-state index is 0.212. The third-order valence-corrected chi connectivity index (χ3v) is 8.31. The summed E-state index contributed by atoms with van der Waals surface area (Å²) in [6.45, 7) is 5.28. The molecule has 0 unspecified atom stereocenters. The minimum Gasteiger partial charge on any atom is -0.387 e. The van der Waals surface area contributed by atoms with E-state index in [1.54, 1.807) is 0 Å². The first-order chi connectivity index (χ1) is 16.5. The predicted octanol–water partition coefficient (Wildman–Crippen LogP) is 6.28. The molecule has 2 aromatic carbocycles. The highest BCUT2D eigenvalue weighted by atomic mass is 16.1. The first-order valence-electron chi connectivity index (χ1n) is 13.1. The zero-order chi connectivity index (χ0) is 23.4. The van der Waals surface area contributed by atoms with Crippen LogP contribution in [0, 0.1) is 11.8 Å². The molecule has 2 heterocycles. The third kappa shape index (κ3) is 3.68. The Labute approximate surface area is 202 Å². The summed E-state index contributed by atoms with van der Waals surface area (Å²) < 4.78 is 2.37. The summed E-state index contributed by atoms with van der Waals surface area (Å²) in [6, 6.07) is 17.6. The molecule has 3 atom stereocenters. The first kappa shape index (κ1) is 21.6. The van der Waals surface area contributed by atoms with Crippen molar-refractivity contribution in [3.63, 3.8) is 0 Å². The number of aromatic nitrogens is 1. The molecule has 2 N–H and O–H groups in total. The van der Waals surface area contributed by atoms with Gasteiger partial charge in [0.2, 0.25) is 0 Å². The van der Waals surface area contributed by atoms with E-state index >= 15 is 0 Å². The molecule has 6 rings (SSSR count). The Morgan fingerprint density at radius 1 is 1.03 bits per heavy atom. The fourth-order valence-electron chi connectivity index (χ4n) is 5.95. The number of carbonyl (C=O) groups is 1. The quantitative estimate of drug-likeness (QED) is 0.457. The van der Waals surface area contributed by atoms with E-state index in [1.807, 2.05) is 0 Å². The maximum Gasteiger partial charge on any atom is 0.153 e. The van der Waals surface area contributed by atoms with Crippen molar-refractivity contribution >= 4 is 22.5 Å². The number of benzene rings is 2. The molecule has 4 heteroatoms. The molecule has 1 aliphatic heterocycles. The standard InChI is InChI=1S/C30H35N3O/c1-3-4-25-28(34)27(23-11-9-21(10-12-23)20-7-8-20)30(2,32-29(25)31)24-14-13-22-15-16-33(26(22)17-24)18-19-5-6-19/h9-17,19-20,25,27H,3-8,18H2,1-2H3,(H2,31,32)/t25-,27+,30-/m1/s1. The maximum atomic E-state index is 14.0. The summed E-state index contributed by atoms with van der Waals surface area (Å²) in [6.07, 6.45) is 9.07. The lowest BCUT2D eigenvalue weighted by molar-refractivity contribution is -0.124. The van der Waals surface area contributed by atoms with Gasteiger partial charge in [0.1, 0.15) is 5.84 Å². The van der Waals surface area contributed by atoms with E-state index in [0.717, 1.165) is 36.4 Å². The average Bonchev–Trinajstić information content (AvgIpc) is 3.76. The van der Waals surface area contributed by atoms with Crippen LogP contribution in [0.2, 0.25) is 0 Å². The van der Waals surface area contributed by atoms with Gasteiger partial charge in [-0.05, 0) is 85.1 Å². The Bertz CT molecular complexity index is 1260. The maximum absolute atomic E-state index is 14.0. The second-order valence-corrected chi connectivity index (χ2v) is 11.0. The van der Waals surface area contributed by atoms with Crippen LogP contribution in [0.3, 0.4) is 0 Å². The molecule has 0 radical (unpaired) electrons. The Hall–Kier alpha value is -2.88. The van der Waals surface area contributed by atoms with Crippen molar-refractivity contribution in [3.05, 3.63) is 71.4 Å². The number of amidine groups is 1. The Morgan fingerprint density at radius 2 is 1.76 bits per heavy atom. The molecule has 3 aliphatic rings. The molecule has 1 aromatic heterocycles. The van der Waals surface area contributed by atoms with Crippen LogP contribution in [-0.4, -0.2) is 16.2 Å². The van der Waals surface area contributed by atoms with Crippen molar-refractivity contribution < 1.29 is 4.79 Å². The Morgan fingerprint density at radius 3 is 2.44 bits per heavy atom. The van der Waals surface area contributed by atoms with Crippen LogP contribution in [0.5, 0.6) is 0 Å². The highest BCUT2D eigenvalue weighted by molar-refractivity contribution is 6.09. The fourth-order valence-corrected chi connectivity index (χ4v) is 5.95. The van der Waals surface area contributed by atoms with Gasteiger partial charge in [0.15, 0.2) is 5.78 Å². The second-order valence-electron chi connectivity index (χ2n) is 11.0. The number of hydrogen-bond acceptors (Lipinski definition) is 3. The van der Waals surface area contributed by atoms with E-state index in [1.165, 1.54) is 42.1 Å². The number of aliphatic imine (C=N–C) groups is 1. The Kier molecular flexibility index (Phi) is 5.16. The molecule has 176 valence electrons. The highest BCUT2D eigenvalue weighted by Gasteiger charge is 2.48. The molecule has 2 saturated carbocycles. The lowest BCUT2D eigenvalue weighted by atomic mass is 9.68. The van der Waals surface area contributed by atoms with Crippen molar-refractivity contribution in [2.45, 2.75) is 76.3 Å². The molecule has 4 nitrogen and oxygen atoms in total. The fraction of sp³-hybridized carbons (Fsp3) is 0.467. The monoisotopic (exact) mass is 453 g/mol. The largest absolute Gasteiger partial charge is 0.387 e. The molecule has 3 aromatic rings. The van der Waals surface area contributed by atoms with Crippen LogP contribution in [-0.2, 0) is 16.9 Å². The highest BCUT2D eigenvalue weighted by Crippen LogP contribution is 2.47. The average molecular weight is 454 g/mol.